The number of rotatable bonds is 21. The van der Waals surface area contributed by atoms with Crippen molar-refractivity contribution in [3.63, 3.8) is 0 Å². The molecular weight excluding hydrogens is 2120 g/mol. The number of likely N-dealkylation sites (N-methyl/N-ethyl adjacent to an activating group) is 3. The van der Waals surface area contributed by atoms with Crippen LogP contribution < -0.4 is 58.0 Å². The number of nitrogens with zero attached hydrogens (tertiary/aromatic N) is 10. The Morgan fingerprint density at radius 3 is 1.19 bits per heavy atom. The summed E-state index contributed by atoms with van der Waals surface area (Å²) in [7, 11) is 7.28. The number of esters is 1. The molecule has 0 radical (unpaired) electrons. The number of Topliss-reactive ketones (excluding diaryl/α,β-unsaturated/α-hetero) is 1. The van der Waals surface area contributed by atoms with Crippen LogP contribution in [0, 0.1) is 48.7 Å². The van der Waals surface area contributed by atoms with E-state index >= 15 is 0 Å². The van der Waals surface area contributed by atoms with Gasteiger partial charge in [-0.25, -0.2) is 31.1 Å². The number of ketones is 1. The molecule has 3 saturated heterocycles. The van der Waals surface area contributed by atoms with Crippen LogP contribution >= 0.6 is 45.2 Å². The standard InChI is InChI=1S/C30H30F2N4O4.C23H24F2N4O4.C22H24IN3O3.C19H18INO5.C7H7F2N.C5H13N.CO/c1-30-23-12-11-22-24(28(38)33-16-19-9-10-20(31)15-21(19)32)26(37)27(40-17-18-7-4-3-5-8-18)25(36(22)23)29(39)35(30)14-6-13-34(30)2;1-23-16-7-6-15-17(21(32)26-11-12-4-5-13(24)10-14(12)25)19(30)20(31)18(29(15)16)22(33)28(23)9-3-8-27(23)2;1-22-16-10-9-15-17(23)19(27)20(29-13-14-7-4-3-5-8-14)18(26(15)16)21(28)25(22)12-6-11-24(22)2;1-11(22)13-8-9-14-15(20)17(23)18(16(21(13)14)19(24)25-2)26-10-12-6-4-3-5-7-12;8-6-2-1-5(4-10)7(9)3-6;1-2-3-4-5-6;1-2/h3-5,7-10,15,23H,6,11-14,16-17H2,1-2H3,(H,33,38);4-5,10,16,31H,3,6-9,11H2,1-2H3,(H,26,32);3-5,7-8,16H,6,9-13H2,1-2H3;3-7,13H,8-10H2,1-2H3;1-3H,4,10H2;2-6H2,1H3;. The van der Waals surface area contributed by atoms with E-state index in [9.17, 15) is 84.2 Å². The molecule has 10 aliphatic heterocycles. The number of benzene rings is 6. The molecule has 14 heterocycles. The minimum absolute atomic E-state index is 0.0153. The van der Waals surface area contributed by atoms with Gasteiger partial charge in [-0.3, -0.25) is 62.6 Å². The number of hydrogen-bond donors (Lipinski definition) is 5. The van der Waals surface area contributed by atoms with Crippen molar-refractivity contribution in [1.82, 2.24) is 58.3 Å². The third-order valence-corrected chi connectivity index (χ3v) is 31.6. The van der Waals surface area contributed by atoms with Gasteiger partial charge < -0.3 is 79.1 Å². The van der Waals surface area contributed by atoms with E-state index in [-0.39, 0.29) is 148 Å². The predicted octanol–water partition coefficient (Wildman–Crippen LogP) is 13.8. The number of unbranched alkanes of at least 4 members (excludes halogenated alkanes) is 2. The van der Waals surface area contributed by atoms with E-state index in [2.05, 4.69) is 80.0 Å². The second-order valence-electron chi connectivity index (χ2n) is 37.6. The van der Waals surface area contributed by atoms with Gasteiger partial charge in [0.1, 0.15) is 82.8 Å². The number of nitrogens with one attached hydrogen (secondary N) is 2. The molecule has 0 aliphatic carbocycles. The van der Waals surface area contributed by atoms with E-state index in [1.54, 1.807) is 14.0 Å². The number of pyridine rings is 4. The molecule has 10 aliphatic rings. The fourth-order valence-corrected chi connectivity index (χ4v) is 23.1. The summed E-state index contributed by atoms with van der Waals surface area (Å²) in [5.41, 5.74) is 12.4. The van der Waals surface area contributed by atoms with Crippen LogP contribution in [0.4, 0.5) is 26.3 Å². The maximum atomic E-state index is 14.2. The molecule has 0 spiro atoms. The molecular formula is C107H116F6I2N14O17. The molecule has 146 heavy (non-hydrogen) atoms. The van der Waals surface area contributed by atoms with Crippen molar-refractivity contribution in [1.29, 1.82) is 0 Å². The number of halogens is 8. The molecule has 39 heteroatoms. The normalized spacial score (nSPS) is 20.3. The molecule has 772 valence electrons. The van der Waals surface area contributed by atoms with Crippen molar-refractivity contribution in [2.24, 2.45) is 11.5 Å². The molecule has 10 aromatic rings. The summed E-state index contributed by atoms with van der Waals surface area (Å²) in [6.07, 6.45) is 11.2. The van der Waals surface area contributed by atoms with Gasteiger partial charge >= 0.3 is 17.3 Å². The molecule has 7 unspecified atom stereocenters. The van der Waals surface area contributed by atoms with Crippen LogP contribution in [0.15, 0.2) is 165 Å². The van der Waals surface area contributed by atoms with Crippen LogP contribution in [-0.2, 0) is 79.3 Å². The predicted molar refractivity (Wildman–Crippen MR) is 546 cm³/mol. The van der Waals surface area contributed by atoms with Crippen LogP contribution in [0.3, 0.4) is 0 Å². The quantitative estimate of drug-likeness (QED) is 0.0111. The number of aromatic hydroxyl groups is 1. The van der Waals surface area contributed by atoms with Crippen LogP contribution in [-0.4, -0.2) is 185 Å². The Morgan fingerprint density at radius 2 is 0.815 bits per heavy atom. The summed E-state index contributed by atoms with van der Waals surface area (Å²) < 4.78 is 118. The maximum absolute atomic E-state index is 14.2. The Kier molecular flexibility index (Phi) is 34.8. The second kappa shape index (κ2) is 46.6. The Labute approximate surface area is 866 Å². The molecule has 0 saturated carbocycles. The van der Waals surface area contributed by atoms with Crippen molar-refractivity contribution in [2.75, 3.05) is 74.1 Å². The number of amides is 5. The number of carbonyl (C=O) groups is 7. The number of carbonyl (C=O) groups excluding carboxylic acids is 7. The van der Waals surface area contributed by atoms with Crippen molar-refractivity contribution in [2.45, 2.75) is 205 Å². The monoisotopic (exact) mass is 2240 g/mol. The molecule has 3 fully saturated rings. The Balaban J connectivity index is 0.000000147. The zero-order chi connectivity index (χ0) is 105. The fourth-order valence-electron chi connectivity index (χ4n) is 21.6. The van der Waals surface area contributed by atoms with E-state index in [4.69, 9.17) is 35.1 Å². The first-order valence-corrected chi connectivity index (χ1v) is 50.5. The molecule has 7 atom stereocenters. The van der Waals surface area contributed by atoms with Gasteiger partial charge in [0, 0.05) is 117 Å². The fraction of sp³-hybridized carbons (Fsp3) is 0.402. The molecule has 4 aromatic heterocycles. The topological polar surface area (TPSA) is 380 Å². The average Bonchev–Trinajstić information content (AvgIpc) is 1.79. The molecule has 5 amide bonds. The average molecular weight is 2240 g/mol. The molecule has 6 aromatic carbocycles. The summed E-state index contributed by atoms with van der Waals surface area (Å²) >= 11 is 4.09. The van der Waals surface area contributed by atoms with E-state index in [1.807, 2.05) is 156 Å². The first-order valence-electron chi connectivity index (χ1n) is 48.3. The third-order valence-electron chi connectivity index (χ3n) is 29.4. The minimum atomic E-state index is -0.920. The van der Waals surface area contributed by atoms with Gasteiger partial charge in [0.05, 0.1) is 38.4 Å². The molecule has 31 nitrogen and oxygen atoms in total. The Hall–Kier alpha value is -12.6. The van der Waals surface area contributed by atoms with Crippen molar-refractivity contribution >= 4 is 86.5 Å². The van der Waals surface area contributed by atoms with Gasteiger partial charge in [0.25, 0.3) is 29.5 Å². The van der Waals surface area contributed by atoms with Crippen LogP contribution in [0.1, 0.15) is 242 Å². The Morgan fingerprint density at radius 1 is 0.466 bits per heavy atom. The number of hydrogen-bond acceptors (Lipinski definition) is 21. The number of methoxy groups -OCH3 is 1. The van der Waals surface area contributed by atoms with Crippen molar-refractivity contribution in [3.8, 4) is 23.0 Å². The van der Waals surface area contributed by atoms with Crippen LogP contribution in [0.5, 0.6) is 23.0 Å². The summed E-state index contributed by atoms with van der Waals surface area (Å²) in [6.45, 7) is 19.6. The second-order valence-corrected chi connectivity index (χ2v) is 39.7. The van der Waals surface area contributed by atoms with Crippen LogP contribution in [0.2, 0.25) is 0 Å². The zero-order valence-electron chi connectivity index (χ0n) is 82.4. The summed E-state index contributed by atoms with van der Waals surface area (Å²) in [5, 5.41) is 15.9. The van der Waals surface area contributed by atoms with Gasteiger partial charge in [-0.15, -0.1) is 0 Å². The number of nitrogens with two attached hydrogens (primary N) is 2. The summed E-state index contributed by atoms with van der Waals surface area (Å²) in [5.74, 6) is -8.03. The van der Waals surface area contributed by atoms with Gasteiger partial charge in [-0.2, -0.15) is 0 Å². The van der Waals surface area contributed by atoms with Crippen molar-refractivity contribution < 1.29 is 88.6 Å². The molecule has 0 bridgehead atoms. The first kappa shape index (κ1) is 109. The van der Waals surface area contributed by atoms with Crippen molar-refractivity contribution in [3.05, 3.63) is 325 Å². The third kappa shape index (κ3) is 21.0. The first-order chi connectivity index (χ1) is 69.9. The van der Waals surface area contributed by atoms with Gasteiger partial charge in [-0.05, 0) is 213 Å². The number of aromatic nitrogens is 4. The van der Waals surface area contributed by atoms with E-state index < -0.39 is 92.6 Å². The van der Waals surface area contributed by atoms with E-state index in [1.165, 1.54) is 57.6 Å². The Bertz CT molecular complexity index is 6950. The number of fused-ring (bicyclic) bond motifs is 7. The molecule has 7 N–H and O–H groups in total. The van der Waals surface area contributed by atoms with Gasteiger partial charge in [0.2, 0.25) is 21.7 Å². The summed E-state index contributed by atoms with van der Waals surface area (Å²) in [6, 6.07) is 37.0. The number of ether oxygens (including phenoxy) is 4. The van der Waals surface area contributed by atoms with Crippen LogP contribution in [0.25, 0.3) is 0 Å². The van der Waals surface area contributed by atoms with Gasteiger partial charge in [-0.1, -0.05) is 129 Å². The van der Waals surface area contributed by atoms with E-state index in [0.29, 0.717) is 99.7 Å². The zero-order valence-corrected chi connectivity index (χ0v) is 86.7. The van der Waals surface area contributed by atoms with Gasteiger partial charge in [0.15, 0.2) is 51.6 Å². The summed E-state index contributed by atoms with van der Waals surface area (Å²) in [4.78, 5) is 157. The SMILES string of the molecule is CCCCCN.CN1CCCN2C(=O)c3c(O)c(=O)c(C(=O)NCc4ccc(F)cc4F)c4n3C(CC4)C12C.CN1CCCN2C(=O)c3c(OCc4ccccc4)c(=O)c(C(=O)NCc4ccc(F)cc4F)c4n3C(CC4)C12C.CN1CCCN2C(=O)c3c(OCc4ccccc4)c(=O)c(I)c4n3C(CC4)C12C.COC(=O)c1c(OCc2ccccc2)c(=O)c(I)c2n1C(C(C)=O)CC2.NCc1ccc(F)cc1F.[C-]#[O+]. The molecule has 20 rings (SSSR count). The van der Waals surface area contributed by atoms with E-state index in [0.717, 1.165) is 105 Å².